The number of carbonyl (C=O) groups is 2. The Morgan fingerprint density at radius 2 is 1.96 bits per heavy atom. The van der Waals surface area contributed by atoms with E-state index in [0.29, 0.717) is 25.3 Å². The van der Waals surface area contributed by atoms with E-state index in [1.807, 2.05) is 23.1 Å². The van der Waals surface area contributed by atoms with Crippen LogP contribution in [0.1, 0.15) is 40.6 Å². The number of hydrogen-bond donors (Lipinski definition) is 1. The van der Waals surface area contributed by atoms with Crippen molar-refractivity contribution in [3.8, 4) is 0 Å². The number of ether oxygens (including phenoxy) is 1. The smallest absolute Gasteiger partial charge is 0.358 e. The molecule has 144 valence electrons. The zero-order chi connectivity index (χ0) is 18.1. The van der Waals surface area contributed by atoms with E-state index in [0.717, 1.165) is 18.5 Å². The topological polar surface area (TPSA) is 76.5 Å². The molecule has 0 radical (unpaired) electrons. The molecule has 0 spiro atoms. The Morgan fingerprint density at radius 1 is 1.19 bits per heavy atom. The Kier molecular flexibility index (Phi) is 5.82. The molecule has 3 heterocycles. The lowest BCUT2D eigenvalue weighted by molar-refractivity contribution is -0.134. The highest BCUT2D eigenvalue weighted by atomic mass is 35.5. The van der Waals surface area contributed by atoms with Crippen molar-refractivity contribution in [3.63, 3.8) is 0 Å². The van der Waals surface area contributed by atoms with E-state index < -0.39 is 5.97 Å². The van der Waals surface area contributed by atoms with Crippen LogP contribution in [0.15, 0.2) is 36.4 Å². The van der Waals surface area contributed by atoms with Gasteiger partial charge in [0.25, 0.3) is 0 Å². The molecule has 0 bridgehead atoms. The fraction of sp³-hybridized carbons (Fsp3) is 0.421. The Morgan fingerprint density at radius 3 is 2.70 bits per heavy atom. The fourth-order valence-corrected chi connectivity index (χ4v) is 3.77. The van der Waals surface area contributed by atoms with Gasteiger partial charge in [-0.05, 0) is 24.5 Å². The number of nitrogens with zero attached hydrogens (tertiary/aromatic N) is 3. The molecule has 1 N–H and O–H groups in total. The number of amides is 1. The molecule has 2 aliphatic rings. The highest BCUT2D eigenvalue weighted by molar-refractivity contribution is 5.87. The Hall–Kier alpha value is -2.38. The first kappa shape index (κ1) is 19.4. The maximum atomic E-state index is 12.9. The molecule has 1 aromatic carbocycles. The standard InChI is InChI=1S/C19H22N4O3.ClH/c1-26-19(25)17-11-14-12-22(9-10-23(14)21-17)18(24)16-8-7-15(20-16)13-5-3-2-4-6-13;/h2-6,11,15-16,20H,7-10,12H2,1H3;1H/t15-,16-;/m1./s1. The third-order valence-corrected chi connectivity index (χ3v) is 5.15. The average molecular weight is 391 g/mol. The molecule has 1 fully saturated rings. The van der Waals surface area contributed by atoms with E-state index >= 15 is 0 Å². The number of hydrogen-bond acceptors (Lipinski definition) is 5. The molecule has 0 saturated carbocycles. The maximum absolute atomic E-state index is 12.9. The summed E-state index contributed by atoms with van der Waals surface area (Å²) in [5.74, 6) is -0.330. The van der Waals surface area contributed by atoms with Gasteiger partial charge in [-0.2, -0.15) is 5.10 Å². The van der Waals surface area contributed by atoms with Crippen LogP contribution >= 0.6 is 12.4 Å². The maximum Gasteiger partial charge on any atom is 0.358 e. The normalized spacial score (nSPS) is 21.3. The van der Waals surface area contributed by atoms with Gasteiger partial charge >= 0.3 is 5.97 Å². The first-order chi connectivity index (χ1) is 12.7. The minimum absolute atomic E-state index is 0. The number of esters is 1. The zero-order valence-electron chi connectivity index (χ0n) is 15.1. The number of halogens is 1. The van der Waals surface area contributed by atoms with Crippen molar-refractivity contribution in [3.05, 3.63) is 53.3 Å². The number of fused-ring (bicyclic) bond motifs is 1. The van der Waals surface area contributed by atoms with Crippen LogP contribution in [0.25, 0.3) is 0 Å². The van der Waals surface area contributed by atoms with E-state index in [9.17, 15) is 9.59 Å². The van der Waals surface area contributed by atoms with E-state index in [4.69, 9.17) is 4.74 Å². The SMILES string of the molecule is COC(=O)c1cc2n(n1)CCN(C(=O)[C@H]1CC[C@H](c3ccccc3)N1)C2.Cl. The van der Waals surface area contributed by atoms with Gasteiger partial charge in [0, 0.05) is 12.6 Å². The lowest BCUT2D eigenvalue weighted by atomic mass is 10.1. The van der Waals surface area contributed by atoms with Gasteiger partial charge in [-0.25, -0.2) is 4.79 Å². The van der Waals surface area contributed by atoms with Gasteiger partial charge < -0.3 is 9.64 Å². The second-order valence-corrected chi connectivity index (χ2v) is 6.76. The second-order valence-electron chi connectivity index (χ2n) is 6.76. The van der Waals surface area contributed by atoms with Gasteiger partial charge in [-0.15, -0.1) is 12.4 Å². The third-order valence-electron chi connectivity index (χ3n) is 5.15. The lowest BCUT2D eigenvalue weighted by Gasteiger charge is -2.30. The molecule has 1 amide bonds. The largest absolute Gasteiger partial charge is 0.464 e. The van der Waals surface area contributed by atoms with Crippen molar-refractivity contribution < 1.29 is 14.3 Å². The molecule has 27 heavy (non-hydrogen) atoms. The van der Waals surface area contributed by atoms with Crippen LogP contribution in [0, 0.1) is 0 Å². The molecule has 0 aliphatic carbocycles. The number of benzene rings is 1. The first-order valence-corrected chi connectivity index (χ1v) is 8.90. The number of nitrogens with one attached hydrogen (secondary N) is 1. The summed E-state index contributed by atoms with van der Waals surface area (Å²) in [4.78, 5) is 26.4. The van der Waals surface area contributed by atoms with E-state index in [1.165, 1.54) is 12.7 Å². The highest BCUT2D eigenvalue weighted by Crippen LogP contribution is 2.28. The quantitative estimate of drug-likeness (QED) is 0.810. The van der Waals surface area contributed by atoms with Crippen LogP contribution < -0.4 is 5.32 Å². The summed E-state index contributed by atoms with van der Waals surface area (Å²) >= 11 is 0. The number of rotatable bonds is 3. The molecular formula is C19H23ClN4O3. The number of carbonyl (C=O) groups excluding carboxylic acids is 2. The molecule has 4 rings (SSSR count). The van der Waals surface area contributed by atoms with Crippen molar-refractivity contribution in [1.29, 1.82) is 0 Å². The molecule has 2 atom stereocenters. The summed E-state index contributed by atoms with van der Waals surface area (Å²) in [7, 11) is 1.34. The minimum atomic E-state index is -0.451. The predicted molar refractivity (Wildman–Crippen MR) is 102 cm³/mol. The Bertz CT molecular complexity index is 824. The fourth-order valence-electron chi connectivity index (χ4n) is 3.77. The molecule has 7 nitrogen and oxygen atoms in total. The van der Waals surface area contributed by atoms with Gasteiger partial charge in [0.15, 0.2) is 5.69 Å². The summed E-state index contributed by atoms with van der Waals surface area (Å²) in [5.41, 5.74) is 2.38. The lowest BCUT2D eigenvalue weighted by Crippen LogP contribution is -2.47. The van der Waals surface area contributed by atoms with Crippen LogP contribution in [0.5, 0.6) is 0 Å². The van der Waals surface area contributed by atoms with Crippen molar-refractivity contribution in [2.45, 2.75) is 38.0 Å². The van der Waals surface area contributed by atoms with Crippen LogP contribution in [-0.4, -0.2) is 46.3 Å². The molecule has 2 aliphatic heterocycles. The van der Waals surface area contributed by atoms with Gasteiger partial charge in [0.2, 0.25) is 5.91 Å². The summed E-state index contributed by atoms with van der Waals surface area (Å²) in [6.07, 6.45) is 1.79. The Labute approximate surface area is 164 Å². The van der Waals surface area contributed by atoms with Gasteiger partial charge in [0.1, 0.15) is 0 Å². The molecule has 8 heteroatoms. The average Bonchev–Trinajstić information content (AvgIpc) is 3.34. The summed E-state index contributed by atoms with van der Waals surface area (Å²) in [6, 6.07) is 12.0. The van der Waals surface area contributed by atoms with Crippen LogP contribution in [0.4, 0.5) is 0 Å². The van der Waals surface area contributed by atoms with Crippen LogP contribution in [-0.2, 0) is 22.6 Å². The molecular weight excluding hydrogens is 368 g/mol. The van der Waals surface area contributed by atoms with Crippen LogP contribution in [0.2, 0.25) is 0 Å². The van der Waals surface area contributed by atoms with Gasteiger partial charge in [0.05, 0.1) is 31.9 Å². The molecule has 1 aromatic heterocycles. The molecule has 1 saturated heterocycles. The van der Waals surface area contributed by atoms with Gasteiger partial charge in [-0.1, -0.05) is 30.3 Å². The molecule has 2 aromatic rings. The summed E-state index contributed by atoms with van der Waals surface area (Å²) in [6.45, 7) is 1.66. The summed E-state index contributed by atoms with van der Waals surface area (Å²) in [5, 5.41) is 7.73. The zero-order valence-corrected chi connectivity index (χ0v) is 15.9. The number of methoxy groups -OCH3 is 1. The predicted octanol–water partition coefficient (Wildman–Crippen LogP) is 1.93. The van der Waals surface area contributed by atoms with E-state index in [1.54, 1.807) is 10.7 Å². The highest BCUT2D eigenvalue weighted by Gasteiger charge is 2.34. The second kappa shape index (κ2) is 8.10. The van der Waals surface area contributed by atoms with Crippen molar-refractivity contribution >= 4 is 24.3 Å². The van der Waals surface area contributed by atoms with E-state index in [2.05, 4.69) is 22.5 Å². The van der Waals surface area contributed by atoms with E-state index in [-0.39, 0.29) is 30.4 Å². The van der Waals surface area contributed by atoms with Crippen LogP contribution in [0.3, 0.4) is 0 Å². The third kappa shape index (κ3) is 3.84. The Balaban J connectivity index is 0.00000210. The molecule has 0 unspecified atom stereocenters. The van der Waals surface area contributed by atoms with Crippen molar-refractivity contribution in [2.75, 3.05) is 13.7 Å². The van der Waals surface area contributed by atoms with Crippen molar-refractivity contribution in [1.82, 2.24) is 20.0 Å². The number of aromatic nitrogens is 2. The monoisotopic (exact) mass is 390 g/mol. The summed E-state index contributed by atoms with van der Waals surface area (Å²) < 4.78 is 6.50. The van der Waals surface area contributed by atoms with Crippen molar-refractivity contribution in [2.24, 2.45) is 0 Å². The first-order valence-electron chi connectivity index (χ1n) is 8.90. The van der Waals surface area contributed by atoms with Gasteiger partial charge in [-0.3, -0.25) is 14.8 Å². The minimum Gasteiger partial charge on any atom is -0.464 e.